The molecule has 1 amide bonds. The number of methoxy groups -OCH3 is 2. The second-order valence-electron chi connectivity index (χ2n) is 5.16. The number of hydrogen-bond acceptors (Lipinski definition) is 3. The Kier molecular flexibility index (Phi) is 5.04. The van der Waals surface area contributed by atoms with Crippen LogP contribution in [0.3, 0.4) is 0 Å². The predicted molar refractivity (Wildman–Crippen MR) is 86.6 cm³/mol. The van der Waals surface area contributed by atoms with Gasteiger partial charge < -0.3 is 14.8 Å². The van der Waals surface area contributed by atoms with Crippen LogP contribution in [0.25, 0.3) is 0 Å². The van der Waals surface area contributed by atoms with Crippen LogP contribution in [-0.2, 0) is 6.54 Å². The molecule has 4 heteroatoms. The minimum absolute atomic E-state index is 0.119. The highest BCUT2D eigenvalue weighted by molar-refractivity contribution is 5.94. The van der Waals surface area contributed by atoms with E-state index in [1.807, 2.05) is 32.0 Å². The van der Waals surface area contributed by atoms with Crippen LogP contribution in [-0.4, -0.2) is 20.1 Å². The first kappa shape index (κ1) is 15.9. The van der Waals surface area contributed by atoms with Gasteiger partial charge in [0.25, 0.3) is 5.91 Å². The first-order valence-corrected chi connectivity index (χ1v) is 7.11. The van der Waals surface area contributed by atoms with Crippen molar-refractivity contribution in [2.24, 2.45) is 0 Å². The maximum absolute atomic E-state index is 12.2. The van der Waals surface area contributed by atoms with Crippen LogP contribution in [0.2, 0.25) is 0 Å². The van der Waals surface area contributed by atoms with Crippen LogP contribution < -0.4 is 14.8 Å². The number of ether oxygens (including phenoxy) is 2. The molecule has 0 aromatic heterocycles. The molecular formula is C18H21NO3. The smallest absolute Gasteiger partial charge is 0.251 e. The summed E-state index contributed by atoms with van der Waals surface area (Å²) in [5.74, 6) is 1.41. The number of nitrogens with one attached hydrogen (secondary N) is 1. The highest BCUT2D eigenvalue weighted by Gasteiger charge is 2.09. The van der Waals surface area contributed by atoms with Gasteiger partial charge in [-0.3, -0.25) is 4.79 Å². The lowest BCUT2D eigenvalue weighted by atomic mass is 10.0. The van der Waals surface area contributed by atoms with Crippen molar-refractivity contribution in [2.75, 3.05) is 14.2 Å². The normalized spacial score (nSPS) is 10.2. The Morgan fingerprint density at radius 2 is 1.82 bits per heavy atom. The minimum Gasteiger partial charge on any atom is -0.497 e. The average molecular weight is 299 g/mol. The highest BCUT2D eigenvalue weighted by Crippen LogP contribution is 2.22. The first-order valence-electron chi connectivity index (χ1n) is 7.11. The van der Waals surface area contributed by atoms with E-state index in [1.54, 1.807) is 32.4 Å². The number of hydrogen-bond donors (Lipinski definition) is 1. The maximum Gasteiger partial charge on any atom is 0.251 e. The van der Waals surface area contributed by atoms with E-state index in [4.69, 9.17) is 9.47 Å². The predicted octanol–water partition coefficient (Wildman–Crippen LogP) is 3.25. The maximum atomic E-state index is 12.2. The summed E-state index contributed by atoms with van der Waals surface area (Å²) in [5.41, 5.74) is 3.81. The SMILES string of the molecule is COc1cccc(C(=O)NCc2cc(C)c(OC)cc2C)c1. The quantitative estimate of drug-likeness (QED) is 0.922. The molecular weight excluding hydrogens is 278 g/mol. The third-order valence-electron chi connectivity index (χ3n) is 3.62. The van der Waals surface area contributed by atoms with E-state index in [9.17, 15) is 4.79 Å². The van der Waals surface area contributed by atoms with E-state index < -0.39 is 0 Å². The molecule has 2 rings (SSSR count). The van der Waals surface area contributed by atoms with Gasteiger partial charge >= 0.3 is 0 Å². The molecule has 116 valence electrons. The van der Waals surface area contributed by atoms with Crippen molar-refractivity contribution in [2.45, 2.75) is 20.4 Å². The number of carbonyl (C=O) groups is 1. The molecule has 0 radical (unpaired) electrons. The van der Waals surface area contributed by atoms with Gasteiger partial charge in [-0.05, 0) is 54.8 Å². The summed E-state index contributed by atoms with van der Waals surface area (Å²) in [5, 5.41) is 2.94. The molecule has 0 atom stereocenters. The van der Waals surface area contributed by atoms with Crippen molar-refractivity contribution >= 4 is 5.91 Å². The second-order valence-corrected chi connectivity index (χ2v) is 5.16. The van der Waals surface area contributed by atoms with E-state index in [1.165, 1.54) is 0 Å². The Morgan fingerprint density at radius 3 is 2.50 bits per heavy atom. The zero-order valence-corrected chi connectivity index (χ0v) is 13.4. The van der Waals surface area contributed by atoms with Crippen LogP contribution in [0.5, 0.6) is 11.5 Å². The topological polar surface area (TPSA) is 47.6 Å². The average Bonchev–Trinajstić information content (AvgIpc) is 2.54. The molecule has 0 aliphatic rings. The molecule has 0 heterocycles. The van der Waals surface area contributed by atoms with Gasteiger partial charge in [-0.1, -0.05) is 12.1 Å². The number of rotatable bonds is 5. The van der Waals surface area contributed by atoms with Crippen molar-refractivity contribution in [3.8, 4) is 11.5 Å². The highest BCUT2D eigenvalue weighted by atomic mass is 16.5. The molecule has 4 nitrogen and oxygen atoms in total. The van der Waals surface area contributed by atoms with Gasteiger partial charge in [-0.15, -0.1) is 0 Å². The number of benzene rings is 2. The summed E-state index contributed by atoms with van der Waals surface area (Å²) in [7, 11) is 3.24. The molecule has 22 heavy (non-hydrogen) atoms. The van der Waals surface area contributed by atoms with E-state index in [-0.39, 0.29) is 5.91 Å². The first-order chi connectivity index (χ1) is 10.5. The van der Waals surface area contributed by atoms with Crippen molar-refractivity contribution in [3.63, 3.8) is 0 Å². The minimum atomic E-state index is -0.119. The van der Waals surface area contributed by atoms with Crippen LogP contribution >= 0.6 is 0 Å². The number of amides is 1. The molecule has 0 saturated heterocycles. The lowest BCUT2D eigenvalue weighted by Crippen LogP contribution is -2.23. The van der Waals surface area contributed by atoms with Gasteiger partial charge in [0.05, 0.1) is 14.2 Å². The van der Waals surface area contributed by atoms with Crippen molar-refractivity contribution in [3.05, 3.63) is 58.7 Å². The van der Waals surface area contributed by atoms with Crippen LogP contribution in [0.1, 0.15) is 27.0 Å². The third-order valence-corrected chi connectivity index (χ3v) is 3.62. The Bertz CT molecular complexity index is 680. The molecule has 0 aliphatic heterocycles. The van der Waals surface area contributed by atoms with E-state index in [0.717, 1.165) is 22.4 Å². The fraction of sp³-hybridized carbons (Fsp3) is 0.278. The summed E-state index contributed by atoms with van der Waals surface area (Å²) in [6.07, 6.45) is 0. The third kappa shape index (κ3) is 3.58. The zero-order chi connectivity index (χ0) is 16.1. The number of aryl methyl sites for hydroxylation is 2. The zero-order valence-electron chi connectivity index (χ0n) is 13.4. The lowest BCUT2D eigenvalue weighted by molar-refractivity contribution is 0.0950. The molecule has 0 fully saturated rings. The van der Waals surface area contributed by atoms with E-state index in [2.05, 4.69) is 5.32 Å². The standard InChI is InChI=1S/C18H21NO3/c1-12-9-17(22-4)13(2)8-15(12)11-19-18(20)14-6-5-7-16(10-14)21-3/h5-10H,11H2,1-4H3,(H,19,20). The molecule has 0 spiro atoms. The van der Waals surface area contributed by atoms with E-state index in [0.29, 0.717) is 17.9 Å². The molecule has 1 N–H and O–H groups in total. The molecule has 0 saturated carbocycles. The monoisotopic (exact) mass is 299 g/mol. The Hall–Kier alpha value is -2.49. The summed E-state index contributed by atoms with van der Waals surface area (Å²) in [6, 6.07) is 11.1. The van der Waals surface area contributed by atoms with Gasteiger partial charge in [0, 0.05) is 12.1 Å². The Balaban J connectivity index is 2.09. The van der Waals surface area contributed by atoms with Gasteiger partial charge in [-0.25, -0.2) is 0 Å². The van der Waals surface area contributed by atoms with Crippen LogP contribution in [0, 0.1) is 13.8 Å². The second kappa shape index (κ2) is 6.98. The fourth-order valence-electron chi connectivity index (χ4n) is 2.30. The Morgan fingerprint density at radius 1 is 1.05 bits per heavy atom. The van der Waals surface area contributed by atoms with Crippen LogP contribution in [0.15, 0.2) is 36.4 Å². The number of carbonyl (C=O) groups excluding carboxylic acids is 1. The van der Waals surface area contributed by atoms with Gasteiger partial charge in [0.15, 0.2) is 0 Å². The Labute approximate surface area is 131 Å². The largest absolute Gasteiger partial charge is 0.497 e. The van der Waals surface area contributed by atoms with Gasteiger partial charge in [0.2, 0.25) is 0 Å². The fourth-order valence-corrected chi connectivity index (χ4v) is 2.30. The molecule has 2 aromatic carbocycles. The lowest BCUT2D eigenvalue weighted by Gasteiger charge is -2.12. The van der Waals surface area contributed by atoms with Crippen LogP contribution in [0.4, 0.5) is 0 Å². The molecule has 0 bridgehead atoms. The summed E-state index contributed by atoms with van der Waals surface area (Å²) < 4.78 is 10.4. The van der Waals surface area contributed by atoms with E-state index >= 15 is 0 Å². The van der Waals surface area contributed by atoms with Gasteiger partial charge in [0.1, 0.15) is 11.5 Å². The summed E-state index contributed by atoms with van der Waals surface area (Å²) in [6.45, 7) is 4.48. The molecule has 0 aliphatic carbocycles. The molecule has 0 unspecified atom stereocenters. The summed E-state index contributed by atoms with van der Waals surface area (Å²) in [4.78, 5) is 12.2. The summed E-state index contributed by atoms with van der Waals surface area (Å²) >= 11 is 0. The molecule has 2 aromatic rings. The van der Waals surface area contributed by atoms with Crippen molar-refractivity contribution in [1.29, 1.82) is 0 Å². The van der Waals surface area contributed by atoms with Gasteiger partial charge in [-0.2, -0.15) is 0 Å². The van der Waals surface area contributed by atoms with Crippen molar-refractivity contribution in [1.82, 2.24) is 5.32 Å². The van der Waals surface area contributed by atoms with Crippen molar-refractivity contribution < 1.29 is 14.3 Å².